The van der Waals surface area contributed by atoms with Crippen molar-refractivity contribution in [2.24, 2.45) is 11.1 Å². The first-order valence-electron chi connectivity index (χ1n) is 7.69. The van der Waals surface area contributed by atoms with E-state index in [0.717, 1.165) is 44.3 Å². The van der Waals surface area contributed by atoms with Gasteiger partial charge in [-0.2, -0.15) is 0 Å². The third-order valence-electron chi connectivity index (χ3n) is 4.41. The van der Waals surface area contributed by atoms with Gasteiger partial charge in [0.25, 0.3) is 0 Å². The Hall–Kier alpha value is -1.46. The van der Waals surface area contributed by atoms with Crippen molar-refractivity contribution in [3.05, 3.63) is 30.1 Å². The molecule has 2 heterocycles. The quantitative estimate of drug-likeness (QED) is 0.784. The van der Waals surface area contributed by atoms with Crippen LogP contribution in [0, 0.1) is 5.41 Å². The Morgan fingerprint density at radius 3 is 3.00 bits per heavy atom. The van der Waals surface area contributed by atoms with Crippen molar-refractivity contribution < 1.29 is 9.90 Å². The largest absolute Gasteiger partial charge is 0.395 e. The maximum absolute atomic E-state index is 12.0. The van der Waals surface area contributed by atoms with Gasteiger partial charge in [0.05, 0.1) is 12.0 Å². The molecule has 0 radical (unpaired) electrons. The van der Waals surface area contributed by atoms with Crippen molar-refractivity contribution in [2.45, 2.75) is 32.1 Å². The molecule has 21 heavy (non-hydrogen) atoms. The molecule has 0 bridgehead atoms. The molecule has 1 aromatic rings. The molecule has 0 aromatic carbocycles. The number of aromatic nitrogens is 1. The lowest BCUT2D eigenvalue weighted by atomic mass is 9.75. The fourth-order valence-corrected chi connectivity index (χ4v) is 3.24. The van der Waals surface area contributed by atoms with Gasteiger partial charge in [-0.15, -0.1) is 0 Å². The van der Waals surface area contributed by atoms with Crippen molar-refractivity contribution in [3.63, 3.8) is 0 Å². The predicted molar refractivity (Wildman–Crippen MR) is 81.6 cm³/mol. The van der Waals surface area contributed by atoms with Crippen LogP contribution in [0.3, 0.4) is 0 Å². The van der Waals surface area contributed by atoms with Gasteiger partial charge in [-0.3, -0.25) is 14.7 Å². The third kappa shape index (κ3) is 4.25. The van der Waals surface area contributed by atoms with E-state index < -0.39 is 5.41 Å². The predicted octanol–water partition coefficient (Wildman–Crippen LogP) is 0.964. The number of likely N-dealkylation sites (tertiary alicyclic amines) is 1. The van der Waals surface area contributed by atoms with Crippen molar-refractivity contribution in [2.75, 3.05) is 26.2 Å². The second kappa shape index (κ2) is 7.52. The van der Waals surface area contributed by atoms with E-state index >= 15 is 0 Å². The summed E-state index contributed by atoms with van der Waals surface area (Å²) in [7, 11) is 0. The lowest BCUT2D eigenvalue weighted by Crippen LogP contribution is -2.51. The number of β-amino-alcohol motifs (C(OH)–C–C–N with tert-alkyl or cyclic N) is 1. The summed E-state index contributed by atoms with van der Waals surface area (Å²) in [4.78, 5) is 18.4. The van der Waals surface area contributed by atoms with E-state index in [4.69, 9.17) is 10.8 Å². The molecule has 1 saturated heterocycles. The number of hydrogen-bond donors (Lipinski definition) is 2. The smallest absolute Gasteiger partial charge is 0.224 e. The maximum atomic E-state index is 12.0. The van der Waals surface area contributed by atoms with Crippen LogP contribution in [0.2, 0.25) is 0 Å². The Labute approximate surface area is 126 Å². The highest BCUT2D eigenvalue weighted by Crippen LogP contribution is 2.34. The molecule has 0 aliphatic carbocycles. The van der Waals surface area contributed by atoms with Crippen molar-refractivity contribution in [1.29, 1.82) is 0 Å². The Balaban J connectivity index is 1.93. The molecule has 2 rings (SSSR count). The Bertz CT molecular complexity index is 450. The number of aliphatic hydroxyl groups excluding tert-OH is 1. The highest BCUT2D eigenvalue weighted by atomic mass is 16.3. The van der Waals surface area contributed by atoms with Crippen LogP contribution in [-0.4, -0.2) is 47.1 Å². The number of carbonyl (C=O) groups excluding carboxylic acids is 1. The number of nitrogens with zero attached hydrogens (tertiary/aromatic N) is 2. The number of nitrogens with two attached hydrogens (primary N) is 1. The zero-order valence-corrected chi connectivity index (χ0v) is 12.5. The zero-order chi connectivity index (χ0) is 15.1. The summed E-state index contributed by atoms with van der Waals surface area (Å²) in [6.07, 6.45) is 6.19. The number of hydrogen-bond acceptors (Lipinski definition) is 4. The lowest BCUT2D eigenvalue weighted by molar-refractivity contribution is -0.131. The summed E-state index contributed by atoms with van der Waals surface area (Å²) >= 11 is 0. The summed E-state index contributed by atoms with van der Waals surface area (Å²) < 4.78 is 0. The molecule has 1 aliphatic rings. The average Bonchev–Trinajstić information content (AvgIpc) is 2.49. The number of carbonyl (C=O) groups is 1. The molecule has 5 heteroatoms. The van der Waals surface area contributed by atoms with Gasteiger partial charge in [-0.05, 0) is 50.8 Å². The first kappa shape index (κ1) is 15.9. The van der Waals surface area contributed by atoms with E-state index in [2.05, 4.69) is 9.88 Å². The standard InChI is InChI=1S/C16H25N3O2/c17-15(21)16(8-4-10-19(13-16)11-12-20)7-3-6-14-5-1-2-9-18-14/h1-2,5,9,20H,3-4,6-8,10-13H2,(H2,17,21)/t16-/m1/s1. The maximum Gasteiger partial charge on any atom is 0.224 e. The number of piperidine rings is 1. The molecular formula is C16H25N3O2. The monoisotopic (exact) mass is 291 g/mol. The van der Waals surface area contributed by atoms with Crippen LogP contribution >= 0.6 is 0 Å². The fourth-order valence-electron chi connectivity index (χ4n) is 3.24. The number of amides is 1. The van der Waals surface area contributed by atoms with Crippen LogP contribution < -0.4 is 5.73 Å². The summed E-state index contributed by atoms with van der Waals surface area (Å²) in [5, 5.41) is 9.09. The van der Waals surface area contributed by atoms with Crippen LogP contribution in [0.1, 0.15) is 31.4 Å². The molecule has 0 unspecified atom stereocenters. The van der Waals surface area contributed by atoms with Gasteiger partial charge in [-0.25, -0.2) is 0 Å². The Kier molecular flexibility index (Phi) is 5.70. The molecule has 3 N–H and O–H groups in total. The van der Waals surface area contributed by atoms with Gasteiger partial charge in [0.1, 0.15) is 0 Å². The summed E-state index contributed by atoms with van der Waals surface area (Å²) in [6, 6.07) is 5.90. The Morgan fingerprint density at radius 1 is 1.48 bits per heavy atom. The van der Waals surface area contributed by atoms with E-state index in [0.29, 0.717) is 13.1 Å². The molecule has 116 valence electrons. The van der Waals surface area contributed by atoms with E-state index in [1.807, 2.05) is 18.2 Å². The van der Waals surface area contributed by atoms with Gasteiger partial charge in [0.2, 0.25) is 5.91 Å². The van der Waals surface area contributed by atoms with E-state index in [9.17, 15) is 4.79 Å². The summed E-state index contributed by atoms with van der Waals surface area (Å²) in [5.41, 5.74) is 6.31. The van der Waals surface area contributed by atoms with Crippen molar-refractivity contribution in [1.82, 2.24) is 9.88 Å². The number of pyridine rings is 1. The first-order valence-corrected chi connectivity index (χ1v) is 7.69. The number of aliphatic hydroxyl groups is 1. The molecular weight excluding hydrogens is 266 g/mol. The average molecular weight is 291 g/mol. The minimum Gasteiger partial charge on any atom is -0.395 e. The highest BCUT2D eigenvalue weighted by molar-refractivity contribution is 5.81. The number of primary amides is 1. The van der Waals surface area contributed by atoms with Crippen LogP contribution in [0.15, 0.2) is 24.4 Å². The first-order chi connectivity index (χ1) is 10.2. The zero-order valence-electron chi connectivity index (χ0n) is 12.5. The van der Waals surface area contributed by atoms with Gasteiger partial charge in [0, 0.05) is 25.0 Å². The molecule has 1 fully saturated rings. The van der Waals surface area contributed by atoms with E-state index in [-0.39, 0.29) is 12.5 Å². The van der Waals surface area contributed by atoms with Gasteiger partial charge < -0.3 is 10.8 Å². The number of rotatable bonds is 7. The van der Waals surface area contributed by atoms with Crippen LogP contribution in [0.5, 0.6) is 0 Å². The fraction of sp³-hybridized carbons (Fsp3) is 0.625. The second-order valence-electron chi connectivity index (χ2n) is 5.92. The van der Waals surface area contributed by atoms with Gasteiger partial charge in [0.15, 0.2) is 0 Å². The molecule has 1 aromatic heterocycles. The molecule has 1 atom stereocenters. The lowest BCUT2D eigenvalue weighted by Gasteiger charge is -2.40. The van der Waals surface area contributed by atoms with Gasteiger partial charge >= 0.3 is 0 Å². The molecule has 5 nitrogen and oxygen atoms in total. The van der Waals surface area contributed by atoms with Crippen LogP contribution in [0.25, 0.3) is 0 Å². The molecule has 0 saturated carbocycles. The van der Waals surface area contributed by atoms with E-state index in [1.54, 1.807) is 6.20 Å². The minimum atomic E-state index is -0.442. The Morgan fingerprint density at radius 2 is 2.33 bits per heavy atom. The highest BCUT2D eigenvalue weighted by Gasteiger charge is 2.39. The number of aryl methyl sites for hydroxylation is 1. The molecule has 1 amide bonds. The van der Waals surface area contributed by atoms with E-state index in [1.165, 1.54) is 0 Å². The van der Waals surface area contributed by atoms with Gasteiger partial charge in [-0.1, -0.05) is 6.07 Å². The SMILES string of the molecule is NC(=O)[C@]1(CCCc2ccccn2)CCCN(CCO)C1. The summed E-state index contributed by atoms with van der Waals surface area (Å²) in [5.74, 6) is -0.203. The molecule has 1 aliphatic heterocycles. The van der Waals surface area contributed by atoms with Crippen molar-refractivity contribution in [3.8, 4) is 0 Å². The third-order valence-corrected chi connectivity index (χ3v) is 4.41. The minimum absolute atomic E-state index is 0.128. The second-order valence-corrected chi connectivity index (χ2v) is 5.92. The summed E-state index contributed by atoms with van der Waals surface area (Å²) in [6.45, 7) is 2.36. The molecule has 0 spiro atoms. The van der Waals surface area contributed by atoms with Crippen LogP contribution in [0.4, 0.5) is 0 Å². The normalized spacial score (nSPS) is 23.1. The topological polar surface area (TPSA) is 79.5 Å². The van der Waals surface area contributed by atoms with Crippen molar-refractivity contribution >= 4 is 5.91 Å². The van der Waals surface area contributed by atoms with Crippen LogP contribution in [-0.2, 0) is 11.2 Å².